The molecule has 2 N–H and O–H groups in total. The maximum absolute atomic E-state index is 10.0. The Morgan fingerprint density at radius 3 is 2.41 bits per heavy atom. The molecule has 1 aliphatic carbocycles. The smallest absolute Gasteiger partial charge is 0.191 e. The second-order valence-electron chi connectivity index (χ2n) is 6.80. The molecule has 1 unspecified atom stereocenters. The molecule has 3 rings (SSSR count). The predicted octanol–water partition coefficient (Wildman–Crippen LogP) is 3.15. The van der Waals surface area contributed by atoms with Crippen molar-refractivity contribution in [2.24, 2.45) is 17.1 Å². The standard InChI is InChI=1S/C21H21N5S/c1-3-26-9-8-16-17(10-22)20(25)21(12-23,13-24)19(18(16)11-26)14-4-6-15(27-2)7-5-14/h4-8,18-19H,3,9,11,25H2,1-2H3/t18-,19?/m1/s1. The molecule has 0 radical (unpaired) electrons. The Morgan fingerprint density at radius 2 is 1.89 bits per heavy atom. The third-order valence-electron chi connectivity index (χ3n) is 5.66. The van der Waals surface area contributed by atoms with Crippen LogP contribution in [0.5, 0.6) is 0 Å². The summed E-state index contributed by atoms with van der Waals surface area (Å²) in [6, 6.07) is 14.5. The van der Waals surface area contributed by atoms with Gasteiger partial charge in [0, 0.05) is 29.8 Å². The molecule has 2 aliphatic rings. The number of rotatable bonds is 3. The van der Waals surface area contributed by atoms with Gasteiger partial charge in [0.2, 0.25) is 0 Å². The van der Waals surface area contributed by atoms with E-state index in [-0.39, 0.29) is 11.6 Å². The topological polar surface area (TPSA) is 101 Å². The molecule has 0 saturated heterocycles. The monoisotopic (exact) mass is 375 g/mol. The fourth-order valence-corrected chi connectivity index (χ4v) is 4.59. The number of benzene rings is 1. The Balaban J connectivity index is 2.27. The van der Waals surface area contributed by atoms with Gasteiger partial charge in [-0.2, -0.15) is 15.8 Å². The van der Waals surface area contributed by atoms with Crippen LogP contribution >= 0.6 is 11.8 Å². The van der Waals surface area contributed by atoms with Gasteiger partial charge in [0.1, 0.15) is 6.07 Å². The second kappa shape index (κ2) is 7.49. The van der Waals surface area contributed by atoms with Crippen LogP contribution in [0, 0.1) is 45.3 Å². The minimum Gasteiger partial charge on any atom is -0.399 e. The molecule has 2 atom stereocenters. The van der Waals surface area contributed by atoms with E-state index in [9.17, 15) is 15.8 Å². The minimum absolute atomic E-state index is 0.0846. The van der Waals surface area contributed by atoms with Crippen molar-refractivity contribution in [1.82, 2.24) is 4.90 Å². The lowest BCUT2D eigenvalue weighted by molar-refractivity contribution is 0.214. The van der Waals surface area contributed by atoms with Crippen molar-refractivity contribution >= 4 is 11.8 Å². The normalized spacial score (nSPS) is 24.2. The molecule has 1 aliphatic heterocycles. The minimum atomic E-state index is -1.55. The van der Waals surface area contributed by atoms with Crippen LogP contribution < -0.4 is 5.73 Å². The van der Waals surface area contributed by atoms with Gasteiger partial charge in [0.05, 0.1) is 23.4 Å². The highest BCUT2D eigenvalue weighted by Crippen LogP contribution is 2.54. The lowest BCUT2D eigenvalue weighted by Crippen LogP contribution is -2.48. The number of allylic oxidation sites excluding steroid dienone is 2. The molecule has 136 valence electrons. The van der Waals surface area contributed by atoms with Gasteiger partial charge in [-0.1, -0.05) is 25.1 Å². The SMILES string of the molecule is CCN1CC=C2C(C#N)=C(N)C(C#N)(C#N)C(c3ccc(SC)cc3)[C@@H]2C1. The van der Waals surface area contributed by atoms with Crippen molar-refractivity contribution in [3.8, 4) is 18.2 Å². The molecule has 0 spiro atoms. The fourth-order valence-electron chi connectivity index (χ4n) is 4.19. The number of likely N-dealkylation sites (N-methyl/N-ethyl adjacent to an activating group) is 1. The molecular weight excluding hydrogens is 354 g/mol. The lowest BCUT2D eigenvalue weighted by Gasteiger charge is -2.45. The van der Waals surface area contributed by atoms with Crippen LogP contribution in [0.1, 0.15) is 18.4 Å². The van der Waals surface area contributed by atoms with Crippen LogP contribution in [-0.4, -0.2) is 30.8 Å². The summed E-state index contributed by atoms with van der Waals surface area (Å²) < 4.78 is 0. The summed E-state index contributed by atoms with van der Waals surface area (Å²) in [6.45, 7) is 4.39. The zero-order valence-electron chi connectivity index (χ0n) is 15.4. The van der Waals surface area contributed by atoms with Crippen molar-refractivity contribution in [3.05, 3.63) is 52.7 Å². The summed E-state index contributed by atoms with van der Waals surface area (Å²) in [6.07, 6.45) is 4.04. The Morgan fingerprint density at radius 1 is 1.22 bits per heavy atom. The predicted molar refractivity (Wildman–Crippen MR) is 105 cm³/mol. The molecule has 0 amide bonds. The van der Waals surface area contributed by atoms with E-state index in [1.165, 1.54) is 0 Å². The first-order chi connectivity index (χ1) is 13.1. The van der Waals surface area contributed by atoms with E-state index in [1.807, 2.05) is 36.6 Å². The number of hydrogen-bond acceptors (Lipinski definition) is 6. The molecule has 0 fully saturated rings. The second-order valence-corrected chi connectivity index (χ2v) is 7.68. The van der Waals surface area contributed by atoms with Crippen molar-refractivity contribution in [1.29, 1.82) is 15.8 Å². The van der Waals surface area contributed by atoms with Gasteiger partial charge in [-0.25, -0.2) is 0 Å². The number of hydrogen-bond donors (Lipinski definition) is 1. The number of nitrogens with zero attached hydrogens (tertiary/aromatic N) is 4. The largest absolute Gasteiger partial charge is 0.399 e. The molecule has 1 heterocycles. The summed E-state index contributed by atoms with van der Waals surface area (Å²) in [4.78, 5) is 3.37. The summed E-state index contributed by atoms with van der Waals surface area (Å²) in [5.41, 5.74) is 6.92. The molecule has 0 bridgehead atoms. The van der Waals surface area contributed by atoms with Crippen molar-refractivity contribution < 1.29 is 0 Å². The van der Waals surface area contributed by atoms with Gasteiger partial charge in [0.15, 0.2) is 5.41 Å². The molecular formula is C21H21N5S. The first-order valence-corrected chi connectivity index (χ1v) is 10.1. The van der Waals surface area contributed by atoms with Crippen LogP contribution in [-0.2, 0) is 0 Å². The summed E-state index contributed by atoms with van der Waals surface area (Å²) in [5.74, 6) is -0.541. The number of nitrogens with two attached hydrogens (primary N) is 1. The number of nitriles is 3. The summed E-state index contributed by atoms with van der Waals surface area (Å²) in [7, 11) is 0. The van der Waals surface area contributed by atoms with Gasteiger partial charge in [-0.05, 0) is 36.1 Å². The quantitative estimate of drug-likeness (QED) is 0.815. The molecule has 0 aromatic heterocycles. The third-order valence-corrected chi connectivity index (χ3v) is 6.41. The van der Waals surface area contributed by atoms with Crippen LogP contribution in [0.25, 0.3) is 0 Å². The van der Waals surface area contributed by atoms with Crippen molar-refractivity contribution in [3.63, 3.8) is 0 Å². The van der Waals surface area contributed by atoms with Crippen LogP contribution in [0.15, 0.2) is 52.1 Å². The van der Waals surface area contributed by atoms with E-state index in [0.717, 1.165) is 29.1 Å². The first-order valence-electron chi connectivity index (χ1n) is 8.85. The van der Waals surface area contributed by atoms with Gasteiger partial charge >= 0.3 is 0 Å². The number of fused-ring (bicyclic) bond motifs is 1. The van der Waals surface area contributed by atoms with Gasteiger partial charge in [-0.3, -0.25) is 4.90 Å². The fraction of sp³-hybridized carbons (Fsp3) is 0.381. The first kappa shape index (κ1) is 19.1. The molecule has 0 saturated carbocycles. The van der Waals surface area contributed by atoms with Gasteiger partial charge in [-0.15, -0.1) is 11.8 Å². The lowest BCUT2D eigenvalue weighted by atomic mass is 9.58. The van der Waals surface area contributed by atoms with E-state index in [1.54, 1.807) is 11.8 Å². The van der Waals surface area contributed by atoms with E-state index in [0.29, 0.717) is 12.1 Å². The molecule has 1 aromatic carbocycles. The Hall–Kier alpha value is -2.72. The highest BCUT2D eigenvalue weighted by molar-refractivity contribution is 7.98. The van der Waals surface area contributed by atoms with Crippen LogP contribution in [0.2, 0.25) is 0 Å². The summed E-state index contributed by atoms with van der Waals surface area (Å²) >= 11 is 1.64. The Bertz CT molecular complexity index is 909. The van der Waals surface area contributed by atoms with E-state index in [2.05, 4.69) is 30.0 Å². The Labute approximate surface area is 164 Å². The number of thioether (sulfide) groups is 1. The average Bonchev–Trinajstić information content (AvgIpc) is 2.73. The maximum atomic E-state index is 10.0. The van der Waals surface area contributed by atoms with Crippen molar-refractivity contribution in [2.45, 2.75) is 17.7 Å². The average molecular weight is 376 g/mol. The van der Waals surface area contributed by atoms with Crippen LogP contribution in [0.4, 0.5) is 0 Å². The van der Waals surface area contributed by atoms with Crippen molar-refractivity contribution in [2.75, 3.05) is 25.9 Å². The molecule has 5 nitrogen and oxygen atoms in total. The van der Waals surface area contributed by atoms with E-state index >= 15 is 0 Å². The zero-order valence-corrected chi connectivity index (χ0v) is 16.3. The highest BCUT2D eigenvalue weighted by Gasteiger charge is 2.54. The van der Waals surface area contributed by atoms with Gasteiger partial charge < -0.3 is 5.73 Å². The van der Waals surface area contributed by atoms with Crippen LogP contribution in [0.3, 0.4) is 0 Å². The molecule has 6 heteroatoms. The van der Waals surface area contributed by atoms with E-state index in [4.69, 9.17) is 5.73 Å². The molecule has 1 aromatic rings. The Kier molecular flexibility index (Phi) is 5.29. The summed E-state index contributed by atoms with van der Waals surface area (Å²) in [5, 5.41) is 29.8. The third kappa shape index (κ3) is 2.90. The van der Waals surface area contributed by atoms with E-state index < -0.39 is 11.3 Å². The van der Waals surface area contributed by atoms with Gasteiger partial charge in [0.25, 0.3) is 0 Å². The molecule has 27 heavy (non-hydrogen) atoms. The highest BCUT2D eigenvalue weighted by atomic mass is 32.2. The zero-order chi connectivity index (χ0) is 19.6. The maximum Gasteiger partial charge on any atom is 0.191 e.